The first-order chi connectivity index (χ1) is 19.1. The Bertz CT molecular complexity index is 1510. The Hall–Kier alpha value is -4.84. The molecule has 0 radical (unpaired) electrons. The normalized spacial score (nSPS) is 10.7. The fraction of sp³-hybridized carbons (Fsp3) is 0.152. The summed E-state index contributed by atoms with van der Waals surface area (Å²) in [5.41, 5.74) is 5.08. The Balaban J connectivity index is 1.55. The summed E-state index contributed by atoms with van der Waals surface area (Å²) in [5, 5.41) is 4.88. The van der Waals surface area contributed by atoms with Crippen molar-refractivity contribution >= 4 is 5.91 Å². The summed E-state index contributed by atoms with van der Waals surface area (Å²) in [4.78, 5) is 16.2. The second-order valence-electron chi connectivity index (χ2n) is 9.20. The quantitative estimate of drug-likeness (QED) is 0.214. The first-order valence-corrected chi connectivity index (χ1v) is 12.9. The van der Waals surface area contributed by atoms with E-state index in [9.17, 15) is 4.79 Å². The summed E-state index contributed by atoms with van der Waals surface area (Å²) in [6.45, 7) is 1.06. The highest BCUT2D eigenvalue weighted by molar-refractivity contribution is 5.94. The van der Waals surface area contributed by atoms with Crippen molar-refractivity contribution in [1.82, 2.24) is 14.7 Å². The predicted molar refractivity (Wildman–Crippen MR) is 153 cm³/mol. The molecule has 6 heteroatoms. The van der Waals surface area contributed by atoms with E-state index in [-0.39, 0.29) is 5.91 Å². The largest absolute Gasteiger partial charge is 0.497 e. The van der Waals surface area contributed by atoms with Crippen LogP contribution >= 0.6 is 0 Å². The van der Waals surface area contributed by atoms with Gasteiger partial charge in [0.2, 0.25) is 0 Å². The summed E-state index contributed by atoms with van der Waals surface area (Å²) in [5.74, 6) is 1.38. The number of benzene rings is 4. The topological polar surface area (TPSA) is 56.6 Å². The molecule has 1 aromatic heterocycles. The van der Waals surface area contributed by atoms with E-state index < -0.39 is 0 Å². The fourth-order valence-corrected chi connectivity index (χ4v) is 4.50. The van der Waals surface area contributed by atoms with Gasteiger partial charge in [-0.1, -0.05) is 72.8 Å². The highest BCUT2D eigenvalue weighted by atomic mass is 16.5. The molecule has 0 atom stereocenters. The molecule has 196 valence electrons. The molecule has 5 aromatic rings. The number of ether oxygens (including phenoxy) is 2. The smallest absolute Gasteiger partial charge is 0.272 e. The molecule has 0 saturated heterocycles. The number of rotatable bonds is 10. The van der Waals surface area contributed by atoms with Gasteiger partial charge in [-0.15, -0.1) is 0 Å². The summed E-state index contributed by atoms with van der Waals surface area (Å²) < 4.78 is 12.5. The highest BCUT2D eigenvalue weighted by Gasteiger charge is 2.23. The number of methoxy groups -OCH3 is 2. The monoisotopic (exact) mass is 517 g/mol. The van der Waals surface area contributed by atoms with Gasteiger partial charge in [0.1, 0.15) is 17.2 Å². The second kappa shape index (κ2) is 12.1. The third kappa shape index (κ3) is 6.18. The number of hydrogen-bond donors (Lipinski definition) is 0. The van der Waals surface area contributed by atoms with Crippen LogP contribution in [0.4, 0.5) is 0 Å². The van der Waals surface area contributed by atoms with Crippen molar-refractivity contribution in [2.45, 2.75) is 13.0 Å². The van der Waals surface area contributed by atoms with E-state index >= 15 is 0 Å². The molecule has 0 spiro atoms. The van der Waals surface area contributed by atoms with Crippen LogP contribution in [-0.4, -0.2) is 41.4 Å². The second-order valence-corrected chi connectivity index (χ2v) is 9.20. The van der Waals surface area contributed by atoms with Crippen LogP contribution in [0.15, 0.2) is 115 Å². The van der Waals surface area contributed by atoms with Crippen molar-refractivity contribution in [1.29, 1.82) is 0 Å². The van der Waals surface area contributed by atoms with Crippen molar-refractivity contribution in [3.8, 4) is 28.4 Å². The molecule has 0 bridgehead atoms. The minimum absolute atomic E-state index is 0.0905. The predicted octanol–water partition coefficient (Wildman–Crippen LogP) is 6.44. The molecule has 39 heavy (non-hydrogen) atoms. The zero-order valence-electron chi connectivity index (χ0n) is 22.2. The molecule has 0 N–H and O–H groups in total. The van der Waals surface area contributed by atoms with E-state index in [1.807, 2.05) is 108 Å². The van der Waals surface area contributed by atoms with Gasteiger partial charge in [0, 0.05) is 18.7 Å². The van der Waals surface area contributed by atoms with E-state index in [4.69, 9.17) is 14.6 Å². The molecule has 0 aliphatic rings. The molecule has 5 rings (SSSR count). The molecule has 0 saturated carbocycles. The maximum atomic E-state index is 14.3. The van der Waals surface area contributed by atoms with Gasteiger partial charge < -0.3 is 14.4 Å². The molecule has 0 unspecified atom stereocenters. The molecule has 1 heterocycles. The Labute approximate surface area is 229 Å². The van der Waals surface area contributed by atoms with E-state index in [1.165, 1.54) is 5.56 Å². The maximum absolute atomic E-state index is 14.3. The van der Waals surface area contributed by atoms with Crippen LogP contribution in [-0.2, 0) is 13.0 Å². The molecule has 0 aliphatic carbocycles. The van der Waals surface area contributed by atoms with Gasteiger partial charge in [-0.05, 0) is 60.0 Å². The number of carbonyl (C=O) groups excluding carboxylic acids is 1. The van der Waals surface area contributed by atoms with E-state index in [0.717, 1.165) is 34.7 Å². The van der Waals surface area contributed by atoms with Crippen molar-refractivity contribution in [3.63, 3.8) is 0 Å². The van der Waals surface area contributed by atoms with Crippen LogP contribution in [0.1, 0.15) is 21.6 Å². The van der Waals surface area contributed by atoms with E-state index in [1.54, 1.807) is 18.9 Å². The lowest BCUT2D eigenvalue weighted by atomic mass is 10.1. The van der Waals surface area contributed by atoms with Crippen molar-refractivity contribution in [3.05, 3.63) is 132 Å². The minimum Gasteiger partial charge on any atom is -0.497 e. The van der Waals surface area contributed by atoms with Gasteiger partial charge in [0.05, 0.1) is 25.6 Å². The molecular weight excluding hydrogens is 486 g/mol. The van der Waals surface area contributed by atoms with Crippen molar-refractivity contribution in [2.75, 3.05) is 20.8 Å². The Morgan fingerprint density at radius 2 is 1.41 bits per heavy atom. The summed E-state index contributed by atoms with van der Waals surface area (Å²) in [7, 11) is 3.27. The van der Waals surface area contributed by atoms with Gasteiger partial charge >= 0.3 is 0 Å². The maximum Gasteiger partial charge on any atom is 0.272 e. The van der Waals surface area contributed by atoms with Crippen LogP contribution in [0.5, 0.6) is 11.5 Å². The van der Waals surface area contributed by atoms with Gasteiger partial charge in [0.15, 0.2) is 0 Å². The zero-order chi connectivity index (χ0) is 27.0. The Morgan fingerprint density at radius 1 is 0.744 bits per heavy atom. The average Bonchev–Trinajstić information content (AvgIpc) is 3.45. The van der Waals surface area contributed by atoms with Crippen LogP contribution < -0.4 is 9.47 Å². The van der Waals surface area contributed by atoms with Crippen LogP contribution in [0.3, 0.4) is 0 Å². The average molecular weight is 518 g/mol. The van der Waals surface area contributed by atoms with Crippen molar-refractivity contribution in [2.24, 2.45) is 0 Å². The van der Waals surface area contributed by atoms with Gasteiger partial charge in [0.25, 0.3) is 5.91 Å². The summed E-state index contributed by atoms with van der Waals surface area (Å²) in [6.07, 6.45) is 0.749. The van der Waals surface area contributed by atoms with Gasteiger partial charge in [-0.25, -0.2) is 4.68 Å². The molecule has 6 nitrogen and oxygen atoms in total. The highest BCUT2D eigenvalue weighted by Crippen LogP contribution is 2.27. The van der Waals surface area contributed by atoms with E-state index in [0.29, 0.717) is 24.5 Å². The molecular formula is C33H31N3O3. The summed E-state index contributed by atoms with van der Waals surface area (Å²) >= 11 is 0. The molecule has 1 amide bonds. The molecule has 0 fully saturated rings. The van der Waals surface area contributed by atoms with Crippen LogP contribution in [0.25, 0.3) is 16.9 Å². The third-order valence-electron chi connectivity index (χ3n) is 6.63. The Morgan fingerprint density at radius 3 is 2.08 bits per heavy atom. The number of carbonyl (C=O) groups is 1. The van der Waals surface area contributed by atoms with Crippen molar-refractivity contribution < 1.29 is 14.3 Å². The Kier molecular flexibility index (Phi) is 8.03. The first kappa shape index (κ1) is 25.8. The first-order valence-electron chi connectivity index (χ1n) is 12.9. The lowest BCUT2D eigenvalue weighted by Crippen LogP contribution is -2.34. The SMILES string of the molecule is COc1ccc(-n2nc(-c3cccc(OC)c3)cc2C(=O)N(CCc2ccccc2)Cc2ccccc2)cc1. The number of nitrogens with zero attached hydrogens (tertiary/aromatic N) is 3. The number of hydrogen-bond acceptors (Lipinski definition) is 4. The fourth-order valence-electron chi connectivity index (χ4n) is 4.50. The lowest BCUT2D eigenvalue weighted by molar-refractivity contribution is 0.0736. The number of amides is 1. The number of aromatic nitrogens is 2. The zero-order valence-corrected chi connectivity index (χ0v) is 22.2. The molecule has 4 aromatic carbocycles. The van der Waals surface area contributed by atoms with Gasteiger partial charge in [-0.3, -0.25) is 4.79 Å². The summed E-state index contributed by atoms with van der Waals surface area (Å²) in [6, 6.07) is 37.4. The lowest BCUT2D eigenvalue weighted by Gasteiger charge is -2.23. The standard InChI is InChI=1S/C33H31N3O3/c1-38-29-18-16-28(17-19-29)36-32(23-31(34-36)27-14-9-15-30(22-27)39-2)33(37)35(24-26-12-7-4-8-13-26)21-20-25-10-5-3-6-11-25/h3-19,22-23H,20-21,24H2,1-2H3. The minimum atomic E-state index is -0.0905. The van der Waals surface area contributed by atoms with Crippen LogP contribution in [0, 0.1) is 0 Å². The van der Waals surface area contributed by atoms with E-state index in [2.05, 4.69) is 12.1 Å². The molecule has 0 aliphatic heterocycles. The van der Waals surface area contributed by atoms with Gasteiger partial charge in [-0.2, -0.15) is 5.10 Å². The van der Waals surface area contributed by atoms with Crippen LogP contribution in [0.2, 0.25) is 0 Å². The third-order valence-corrected chi connectivity index (χ3v) is 6.63.